The Balaban J connectivity index is 2.78. The lowest BCUT2D eigenvalue weighted by atomic mass is 10.2. The van der Waals surface area contributed by atoms with Crippen molar-refractivity contribution in [3.8, 4) is 0 Å². The number of carbonyl (C=O) groups excluding carboxylic acids is 2. The summed E-state index contributed by atoms with van der Waals surface area (Å²) in [6.45, 7) is 3.47. The maximum Gasteiger partial charge on any atom is 0.323 e. The van der Waals surface area contributed by atoms with E-state index in [1.165, 1.54) is 0 Å². The number of hydrogen-bond donors (Lipinski definition) is 2. The molecule has 0 saturated carbocycles. The third kappa shape index (κ3) is 1.42. The van der Waals surface area contributed by atoms with E-state index in [1.807, 2.05) is 0 Å². The molecular weight excluding hydrogens is 212 g/mol. The Hall–Kier alpha value is -0.840. The van der Waals surface area contributed by atoms with Gasteiger partial charge in [-0.3, -0.25) is 10.1 Å². The zero-order valence-electron chi connectivity index (χ0n) is 5.69. The van der Waals surface area contributed by atoms with Crippen LogP contribution in [-0.4, -0.2) is 16.4 Å². The number of carbonyl (C=O) groups is 2. The summed E-state index contributed by atoms with van der Waals surface area (Å²) in [7, 11) is 0. The molecule has 1 saturated heterocycles. The summed E-state index contributed by atoms with van der Waals surface area (Å²) in [6, 6.07) is -0.478. The average Bonchev–Trinajstić information content (AvgIpc) is 2.08. The van der Waals surface area contributed by atoms with E-state index in [0.29, 0.717) is 6.42 Å². The Labute approximate surface area is 72.2 Å². The molecule has 5 heteroatoms. The van der Waals surface area contributed by atoms with Gasteiger partial charge >= 0.3 is 6.03 Å². The number of urea groups is 1. The predicted molar refractivity (Wildman–Crippen MR) is 43.1 cm³/mol. The van der Waals surface area contributed by atoms with Crippen molar-refractivity contribution in [1.29, 1.82) is 0 Å². The first-order valence-electron chi connectivity index (χ1n) is 3.02. The zero-order chi connectivity index (χ0) is 8.48. The maximum atomic E-state index is 11.0. The van der Waals surface area contributed by atoms with Gasteiger partial charge in [0.25, 0.3) is 5.91 Å². The fourth-order valence-electron chi connectivity index (χ4n) is 0.813. The molecule has 1 rings (SSSR count). The molecule has 11 heavy (non-hydrogen) atoms. The van der Waals surface area contributed by atoms with Crippen LogP contribution in [0.4, 0.5) is 4.79 Å². The molecule has 1 atom stereocenters. The first-order valence-corrected chi connectivity index (χ1v) is 3.81. The first kappa shape index (κ1) is 8.26. The van der Waals surface area contributed by atoms with Crippen LogP contribution in [-0.2, 0) is 4.79 Å². The molecule has 0 aliphatic carbocycles. The standard InChI is InChI=1S/C6H7BrN2O2/c1-2-3-6(7)4(10)8-5(11)9-6/h2H,1,3H2,(H2,8,9,10,11). The van der Waals surface area contributed by atoms with Crippen LogP contribution < -0.4 is 10.6 Å². The molecule has 1 aliphatic rings. The van der Waals surface area contributed by atoms with Gasteiger partial charge in [0, 0.05) is 6.42 Å². The highest BCUT2D eigenvalue weighted by Crippen LogP contribution is 2.22. The van der Waals surface area contributed by atoms with Gasteiger partial charge in [0.2, 0.25) is 0 Å². The lowest BCUT2D eigenvalue weighted by Crippen LogP contribution is -2.39. The van der Waals surface area contributed by atoms with E-state index in [9.17, 15) is 9.59 Å². The number of alkyl halides is 1. The smallest absolute Gasteiger partial charge is 0.314 e. The van der Waals surface area contributed by atoms with E-state index in [2.05, 4.69) is 33.1 Å². The van der Waals surface area contributed by atoms with Crippen molar-refractivity contribution in [3.05, 3.63) is 12.7 Å². The fourth-order valence-corrected chi connectivity index (χ4v) is 1.32. The van der Waals surface area contributed by atoms with Gasteiger partial charge in [0.05, 0.1) is 0 Å². The van der Waals surface area contributed by atoms with Crippen LogP contribution >= 0.6 is 15.9 Å². The minimum atomic E-state index is -0.980. The van der Waals surface area contributed by atoms with Crippen molar-refractivity contribution < 1.29 is 9.59 Å². The summed E-state index contributed by atoms with van der Waals surface area (Å²) >= 11 is 3.10. The number of amides is 3. The molecule has 0 aromatic heterocycles. The SMILES string of the molecule is C=CCC1(Br)NC(=O)NC1=O. The van der Waals surface area contributed by atoms with Gasteiger partial charge in [-0.2, -0.15) is 0 Å². The summed E-state index contributed by atoms with van der Waals surface area (Å²) in [5.74, 6) is -0.373. The Bertz CT molecular complexity index is 229. The van der Waals surface area contributed by atoms with Gasteiger partial charge in [0.1, 0.15) is 0 Å². The Morgan fingerprint density at radius 3 is 2.64 bits per heavy atom. The van der Waals surface area contributed by atoms with Crippen molar-refractivity contribution in [1.82, 2.24) is 10.6 Å². The third-order valence-corrected chi connectivity index (χ3v) is 2.21. The minimum absolute atomic E-state index is 0.366. The molecule has 0 spiro atoms. The molecule has 0 radical (unpaired) electrons. The second-order valence-electron chi connectivity index (χ2n) is 2.20. The molecule has 0 aromatic rings. The second kappa shape index (κ2) is 2.65. The molecule has 1 unspecified atom stereocenters. The number of hydrogen-bond acceptors (Lipinski definition) is 2. The van der Waals surface area contributed by atoms with Gasteiger partial charge in [0.15, 0.2) is 4.45 Å². The molecule has 1 heterocycles. The molecule has 3 amide bonds. The van der Waals surface area contributed by atoms with Crippen LogP contribution in [0.2, 0.25) is 0 Å². The van der Waals surface area contributed by atoms with Crippen molar-refractivity contribution in [2.75, 3.05) is 0 Å². The van der Waals surface area contributed by atoms with E-state index in [1.54, 1.807) is 6.08 Å². The molecule has 60 valence electrons. The van der Waals surface area contributed by atoms with Crippen molar-refractivity contribution in [2.45, 2.75) is 10.9 Å². The molecule has 4 nitrogen and oxygen atoms in total. The summed E-state index contributed by atoms with van der Waals surface area (Å²) in [5.41, 5.74) is 0. The minimum Gasteiger partial charge on any atom is -0.314 e. The highest BCUT2D eigenvalue weighted by atomic mass is 79.9. The molecule has 0 bridgehead atoms. The van der Waals surface area contributed by atoms with E-state index >= 15 is 0 Å². The largest absolute Gasteiger partial charge is 0.323 e. The number of rotatable bonds is 2. The van der Waals surface area contributed by atoms with Crippen LogP contribution in [0.5, 0.6) is 0 Å². The van der Waals surface area contributed by atoms with Crippen molar-refractivity contribution >= 4 is 27.9 Å². The molecule has 0 aromatic carbocycles. The van der Waals surface area contributed by atoms with Gasteiger partial charge in [-0.15, -0.1) is 6.58 Å². The molecular formula is C6H7BrN2O2. The summed E-state index contributed by atoms with van der Waals surface area (Å²) in [5, 5.41) is 4.54. The highest BCUT2D eigenvalue weighted by Gasteiger charge is 2.42. The molecule has 2 N–H and O–H groups in total. The molecule has 1 aliphatic heterocycles. The first-order chi connectivity index (χ1) is 5.08. The fraction of sp³-hybridized carbons (Fsp3) is 0.333. The average molecular weight is 219 g/mol. The number of nitrogens with one attached hydrogen (secondary N) is 2. The summed E-state index contributed by atoms with van der Waals surface area (Å²) in [6.07, 6.45) is 1.92. The normalized spacial score (nSPS) is 29.5. The predicted octanol–water partition coefficient (Wildman–Crippen LogP) is 0.493. The van der Waals surface area contributed by atoms with Crippen LogP contribution in [0.25, 0.3) is 0 Å². The van der Waals surface area contributed by atoms with Crippen LogP contribution in [0.15, 0.2) is 12.7 Å². The van der Waals surface area contributed by atoms with E-state index in [4.69, 9.17) is 0 Å². The summed E-state index contributed by atoms with van der Waals surface area (Å²) < 4.78 is -0.980. The van der Waals surface area contributed by atoms with Crippen LogP contribution in [0, 0.1) is 0 Å². The highest BCUT2D eigenvalue weighted by molar-refractivity contribution is 9.10. The quantitative estimate of drug-likeness (QED) is 0.307. The van der Waals surface area contributed by atoms with Gasteiger partial charge in [-0.05, 0) is 0 Å². The monoisotopic (exact) mass is 218 g/mol. The number of imide groups is 1. The topological polar surface area (TPSA) is 58.2 Å². The van der Waals surface area contributed by atoms with Gasteiger partial charge < -0.3 is 5.32 Å². The van der Waals surface area contributed by atoms with Gasteiger partial charge in [-0.25, -0.2) is 4.79 Å². The Morgan fingerprint density at radius 2 is 2.27 bits per heavy atom. The Morgan fingerprint density at radius 1 is 1.64 bits per heavy atom. The van der Waals surface area contributed by atoms with Crippen LogP contribution in [0.1, 0.15) is 6.42 Å². The van der Waals surface area contributed by atoms with Gasteiger partial charge in [-0.1, -0.05) is 22.0 Å². The second-order valence-corrected chi connectivity index (χ2v) is 3.56. The van der Waals surface area contributed by atoms with Crippen molar-refractivity contribution in [2.24, 2.45) is 0 Å². The van der Waals surface area contributed by atoms with E-state index in [0.717, 1.165) is 0 Å². The lowest BCUT2D eigenvalue weighted by molar-refractivity contribution is -0.120. The lowest BCUT2D eigenvalue weighted by Gasteiger charge is -2.14. The molecule has 1 fully saturated rings. The third-order valence-electron chi connectivity index (χ3n) is 1.32. The van der Waals surface area contributed by atoms with Crippen molar-refractivity contribution in [3.63, 3.8) is 0 Å². The summed E-state index contributed by atoms with van der Waals surface area (Å²) in [4.78, 5) is 21.6. The maximum absolute atomic E-state index is 11.0. The van der Waals surface area contributed by atoms with Crippen LogP contribution in [0.3, 0.4) is 0 Å². The zero-order valence-corrected chi connectivity index (χ0v) is 7.27. The Kier molecular flexibility index (Phi) is 1.99. The van der Waals surface area contributed by atoms with E-state index in [-0.39, 0.29) is 5.91 Å². The number of halogens is 1. The van der Waals surface area contributed by atoms with E-state index < -0.39 is 10.5 Å².